The fourth-order valence-electron chi connectivity index (χ4n) is 3.55. The highest BCUT2D eigenvalue weighted by atomic mass is 35.5. The Hall–Kier alpha value is -1.92. The Morgan fingerprint density at radius 3 is 2.59 bits per heavy atom. The molecule has 2 N–H and O–H groups in total. The summed E-state index contributed by atoms with van der Waals surface area (Å²) >= 11 is 6.41. The minimum atomic E-state index is -1.13. The van der Waals surface area contributed by atoms with Gasteiger partial charge in [0.25, 0.3) is 0 Å². The molecule has 5 nitrogen and oxygen atoms in total. The van der Waals surface area contributed by atoms with Gasteiger partial charge >= 0.3 is 0 Å². The third-order valence-corrected chi connectivity index (χ3v) is 5.89. The molecule has 1 saturated heterocycles. The fourth-order valence-corrected chi connectivity index (χ4v) is 3.74. The molecule has 4 rings (SSSR count). The molecule has 3 atom stereocenters. The Kier molecular flexibility index (Phi) is 6.20. The normalized spacial score (nSPS) is 24.5. The summed E-state index contributed by atoms with van der Waals surface area (Å²) in [5.41, 5.74) is 2.88. The van der Waals surface area contributed by atoms with Crippen molar-refractivity contribution in [2.24, 2.45) is 5.92 Å². The molecule has 6 heteroatoms. The van der Waals surface area contributed by atoms with Gasteiger partial charge in [-0.1, -0.05) is 35.9 Å². The first kappa shape index (κ1) is 20.4. The lowest BCUT2D eigenvalue weighted by atomic mass is 9.93. The molecule has 2 aromatic rings. The predicted octanol–water partition coefficient (Wildman–Crippen LogP) is 3.47. The molecule has 2 aromatic carbocycles. The van der Waals surface area contributed by atoms with Crippen molar-refractivity contribution in [3.63, 3.8) is 0 Å². The molecule has 0 radical (unpaired) electrons. The zero-order valence-electron chi connectivity index (χ0n) is 16.1. The van der Waals surface area contributed by atoms with E-state index in [-0.39, 0.29) is 6.42 Å². The van der Waals surface area contributed by atoms with Crippen LogP contribution in [0.15, 0.2) is 42.5 Å². The van der Waals surface area contributed by atoms with E-state index in [0.717, 1.165) is 35.0 Å². The molecule has 2 aliphatic rings. The number of benzene rings is 2. The van der Waals surface area contributed by atoms with Gasteiger partial charge in [0, 0.05) is 11.4 Å². The number of hydrogen-bond donors (Lipinski definition) is 2. The maximum atomic E-state index is 11.8. The first-order chi connectivity index (χ1) is 14.0. The quantitative estimate of drug-likeness (QED) is 0.722. The number of halogens is 1. The summed E-state index contributed by atoms with van der Waals surface area (Å²) in [7, 11) is 0. The fraction of sp³-hybridized carbons (Fsp3) is 0.435. The molecule has 0 bridgehead atoms. The van der Waals surface area contributed by atoms with Crippen LogP contribution in [0.2, 0.25) is 5.02 Å². The summed E-state index contributed by atoms with van der Waals surface area (Å²) in [5, 5.41) is 20.0. The molecule has 0 unspecified atom stereocenters. The highest BCUT2D eigenvalue weighted by Gasteiger charge is 2.36. The lowest BCUT2D eigenvalue weighted by molar-refractivity contribution is -0.161. The van der Waals surface area contributed by atoms with Crippen molar-refractivity contribution in [3.05, 3.63) is 64.2 Å². The Bertz CT molecular complexity index is 862. The van der Waals surface area contributed by atoms with Gasteiger partial charge < -0.3 is 19.7 Å². The van der Waals surface area contributed by atoms with Crippen LogP contribution in [0, 0.1) is 5.92 Å². The molecule has 2 fully saturated rings. The van der Waals surface area contributed by atoms with E-state index < -0.39 is 30.7 Å². The van der Waals surface area contributed by atoms with Crippen molar-refractivity contribution in [3.8, 4) is 5.75 Å². The van der Waals surface area contributed by atoms with Crippen molar-refractivity contribution >= 4 is 17.4 Å². The van der Waals surface area contributed by atoms with Crippen LogP contribution in [0.5, 0.6) is 5.75 Å². The van der Waals surface area contributed by atoms with Crippen LogP contribution in [0.3, 0.4) is 0 Å². The van der Waals surface area contributed by atoms with Crippen LogP contribution >= 0.6 is 11.6 Å². The van der Waals surface area contributed by atoms with Gasteiger partial charge in [-0.05, 0) is 60.1 Å². The summed E-state index contributed by atoms with van der Waals surface area (Å²) in [5.74, 6) is 1.13. The number of rotatable bonds is 7. The summed E-state index contributed by atoms with van der Waals surface area (Å²) in [6, 6.07) is 13.6. The van der Waals surface area contributed by atoms with E-state index in [1.807, 2.05) is 36.4 Å². The molecular weight excluding hydrogens is 392 g/mol. The van der Waals surface area contributed by atoms with Gasteiger partial charge in [0.2, 0.25) is 0 Å². The van der Waals surface area contributed by atoms with Crippen LogP contribution in [0.25, 0.3) is 0 Å². The van der Waals surface area contributed by atoms with Crippen molar-refractivity contribution in [2.75, 3.05) is 13.2 Å². The van der Waals surface area contributed by atoms with Crippen LogP contribution in [-0.4, -0.2) is 41.4 Å². The average Bonchev–Trinajstić information content (AvgIpc) is 3.55. The van der Waals surface area contributed by atoms with Crippen molar-refractivity contribution in [1.29, 1.82) is 0 Å². The number of hydrogen-bond acceptors (Lipinski definition) is 5. The zero-order chi connectivity index (χ0) is 20.4. The van der Waals surface area contributed by atoms with E-state index in [2.05, 4.69) is 0 Å². The molecule has 29 heavy (non-hydrogen) atoms. The Balaban J connectivity index is 1.46. The number of aliphatic hydroxyl groups excluding tert-OH is 2. The van der Waals surface area contributed by atoms with Crippen LogP contribution in [0.1, 0.15) is 42.1 Å². The standard InChI is InChI=1S/C23H25ClO5/c24-19-8-5-16(21-11-20(26)23(27)22(12-25)29-21)10-17(19)9-14-3-6-18(7-4-14)28-13-15-1-2-15/h3-8,10,15,20-22,25-26H,1-2,9,11-13H2/t20-,21-,22-/m1/s1. The molecular formula is C23H25ClO5. The second kappa shape index (κ2) is 8.84. The predicted molar refractivity (Wildman–Crippen MR) is 109 cm³/mol. The SMILES string of the molecule is O=C1[C@H](O)C[C@H](c2ccc(Cl)c(Cc3ccc(OCC4CC4)cc3)c2)O[C@@H]1CO. The van der Waals surface area contributed by atoms with E-state index in [9.17, 15) is 15.0 Å². The number of ether oxygens (including phenoxy) is 2. The summed E-state index contributed by atoms with van der Waals surface area (Å²) in [4.78, 5) is 11.8. The smallest absolute Gasteiger partial charge is 0.192 e. The molecule has 1 heterocycles. The number of carbonyl (C=O) groups is 1. The Labute approximate surface area is 175 Å². The number of Topliss-reactive ketones (excluding diaryl/α,β-unsaturated/α-hetero) is 1. The number of carbonyl (C=O) groups excluding carboxylic acids is 1. The van der Waals surface area contributed by atoms with E-state index in [4.69, 9.17) is 21.1 Å². The topological polar surface area (TPSA) is 76.0 Å². The van der Waals surface area contributed by atoms with Crippen LogP contribution in [-0.2, 0) is 16.0 Å². The monoisotopic (exact) mass is 416 g/mol. The number of ketones is 1. The van der Waals surface area contributed by atoms with Crippen molar-refractivity contribution in [2.45, 2.75) is 44.0 Å². The van der Waals surface area contributed by atoms with E-state index >= 15 is 0 Å². The maximum absolute atomic E-state index is 11.8. The Morgan fingerprint density at radius 1 is 1.14 bits per heavy atom. The van der Waals surface area contributed by atoms with E-state index in [1.165, 1.54) is 12.8 Å². The van der Waals surface area contributed by atoms with Crippen molar-refractivity contribution < 1.29 is 24.5 Å². The minimum Gasteiger partial charge on any atom is -0.493 e. The molecule has 1 aliphatic heterocycles. The second-order valence-electron chi connectivity index (χ2n) is 7.88. The van der Waals surface area contributed by atoms with Gasteiger partial charge in [0.1, 0.15) is 18.0 Å². The lowest BCUT2D eigenvalue weighted by Gasteiger charge is -2.31. The van der Waals surface area contributed by atoms with Crippen molar-refractivity contribution in [1.82, 2.24) is 0 Å². The minimum absolute atomic E-state index is 0.170. The highest BCUT2D eigenvalue weighted by molar-refractivity contribution is 6.31. The highest BCUT2D eigenvalue weighted by Crippen LogP contribution is 2.33. The van der Waals surface area contributed by atoms with Gasteiger partial charge in [-0.15, -0.1) is 0 Å². The van der Waals surface area contributed by atoms with Gasteiger partial charge in [0.05, 0.1) is 19.3 Å². The average molecular weight is 417 g/mol. The molecule has 1 saturated carbocycles. The lowest BCUT2D eigenvalue weighted by Crippen LogP contribution is -2.43. The van der Waals surface area contributed by atoms with Crippen LogP contribution < -0.4 is 4.74 Å². The molecule has 1 aliphatic carbocycles. The molecule has 0 aromatic heterocycles. The first-order valence-electron chi connectivity index (χ1n) is 10.0. The second-order valence-corrected chi connectivity index (χ2v) is 8.28. The van der Waals surface area contributed by atoms with E-state index in [1.54, 1.807) is 6.07 Å². The molecule has 0 amide bonds. The van der Waals surface area contributed by atoms with Gasteiger partial charge in [-0.25, -0.2) is 0 Å². The third-order valence-electron chi connectivity index (χ3n) is 5.52. The Morgan fingerprint density at radius 2 is 1.90 bits per heavy atom. The number of aliphatic hydroxyl groups is 2. The zero-order valence-corrected chi connectivity index (χ0v) is 16.8. The van der Waals surface area contributed by atoms with Gasteiger partial charge in [0.15, 0.2) is 5.78 Å². The van der Waals surface area contributed by atoms with Crippen LogP contribution in [0.4, 0.5) is 0 Å². The summed E-state index contributed by atoms with van der Waals surface area (Å²) < 4.78 is 11.5. The van der Waals surface area contributed by atoms with Gasteiger partial charge in [-0.3, -0.25) is 4.79 Å². The first-order valence-corrected chi connectivity index (χ1v) is 10.4. The maximum Gasteiger partial charge on any atom is 0.192 e. The van der Waals surface area contributed by atoms with E-state index in [0.29, 0.717) is 11.4 Å². The third kappa shape index (κ3) is 4.98. The largest absolute Gasteiger partial charge is 0.493 e. The summed E-state index contributed by atoms with van der Waals surface area (Å²) in [6.45, 7) is 0.347. The molecule has 154 valence electrons. The van der Waals surface area contributed by atoms with Gasteiger partial charge in [-0.2, -0.15) is 0 Å². The summed E-state index contributed by atoms with van der Waals surface area (Å²) in [6.07, 6.45) is 0.758. The molecule has 0 spiro atoms.